The molecule has 1 N–H and O–H groups in total. The van der Waals surface area contributed by atoms with E-state index in [-0.39, 0.29) is 11.7 Å². The van der Waals surface area contributed by atoms with Crippen LogP contribution in [0.25, 0.3) is 0 Å². The van der Waals surface area contributed by atoms with Gasteiger partial charge in [0, 0.05) is 0 Å². The number of halogens is 1. The van der Waals surface area contributed by atoms with Crippen LogP contribution in [0.4, 0.5) is 0 Å². The summed E-state index contributed by atoms with van der Waals surface area (Å²) in [6, 6.07) is 1.37. The molecular weight excluding hydrogens is 278 g/mol. The Hall–Kier alpha value is -0.680. The first kappa shape index (κ1) is 12.4. The first-order valence-electron chi connectivity index (χ1n) is 4.49. The maximum absolute atomic E-state index is 11.7. The average molecular weight is 290 g/mol. The van der Waals surface area contributed by atoms with Crippen LogP contribution in [0.3, 0.4) is 0 Å². The van der Waals surface area contributed by atoms with E-state index in [1.165, 1.54) is 18.3 Å². The molecule has 15 heavy (non-hydrogen) atoms. The summed E-state index contributed by atoms with van der Waals surface area (Å²) < 4.78 is 0.947. The standard InChI is InChI=1S/C10H12BrNO2S/c1-5-4-8(15-9(5)11)10(14)12-6(2)7(3)13/h4,6H,1-3H3,(H,12,14). The number of amides is 1. The number of Topliss-reactive ketones (excluding diaryl/α,β-unsaturated/α-hetero) is 1. The lowest BCUT2D eigenvalue weighted by atomic mass is 10.2. The Bertz CT molecular complexity index is 381. The summed E-state index contributed by atoms with van der Waals surface area (Å²) >= 11 is 4.72. The van der Waals surface area contributed by atoms with Crippen molar-refractivity contribution in [3.63, 3.8) is 0 Å². The summed E-state index contributed by atoms with van der Waals surface area (Å²) in [6.07, 6.45) is 0. The van der Waals surface area contributed by atoms with E-state index in [1.807, 2.05) is 6.92 Å². The summed E-state index contributed by atoms with van der Waals surface area (Å²) in [5, 5.41) is 2.64. The minimum atomic E-state index is -0.432. The van der Waals surface area contributed by atoms with Crippen molar-refractivity contribution in [1.29, 1.82) is 0 Å². The van der Waals surface area contributed by atoms with E-state index in [0.717, 1.165) is 9.35 Å². The molecule has 1 aromatic rings. The van der Waals surface area contributed by atoms with Crippen LogP contribution in [0, 0.1) is 6.92 Å². The van der Waals surface area contributed by atoms with Crippen molar-refractivity contribution >= 4 is 39.0 Å². The molecule has 0 aromatic carbocycles. The maximum atomic E-state index is 11.7. The van der Waals surface area contributed by atoms with Gasteiger partial charge in [0.15, 0.2) is 5.78 Å². The highest BCUT2D eigenvalue weighted by Crippen LogP contribution is 2.27. The quantitative estimate of drug-likeness (QED) is 0.929. The second-order valence-corrected chi connectivity index (χ2v) is 5.74. The second kappa shape index (κ2) is 4.90. The Labute approximate surface area is 101 Å². The van der Waals surface area contributed by atoms with Gasteiger partial charge in [-0.3, -0.25) is 9.59 Å². The second-order valence-electron chi connectivity index (χ2n) is 3.37. The Morgan fingerprint density at radius 2 is 2.13 bits per heavy atom. The van der Waals surface area contributed by atoms with Gasteiger partial charge in [0.2, 0.25) is 0 Å². The minimum Gasteiger partial charge on any atom is -0.342 e. The molecule has 1 heterocycles. The number of carbonyl (C=O) groups excluding carboxylic acids is 2. The fraction of sp³-hybridized carbons (Fsp3) is 0.400. The van der Waals surface area contributed by atoms with Crippen LogP contribution in [-0.2, 0) is 4.79 Å². The molecule has 0 saturated carbocycles. The predicted molar refractivity (Wildman–Crippen MR) is 64.4 cm³/mol. The van der Waals surface area contributed by atoms with Gasteiger partial charge in [-0.2, -0.15) is 0 Å². The van der Waals surface area contributed by atoms with Crippen molar-refractivity contribution < 1.29 is 9.59 Å². The van der Waals surface area contributed by atoms with E-state index in [0.29, 0.717) is 4.88 Å². The lowest BCUT2D eigenvalue weighted by Crippen LogP contribution is -2.36. The molecule has 0 aliphatic carbocycles. The average Bonchev–Trinajstić information content (AvgIpc) is 2.46. The number of rotatable bonds is 3. The van der Waals surface area contributed by atoms with Crippen LogP contribution in [0.5, 0.6) is 0 Å². The van der Waals surface area contributed by atoms with E-state index in [4.69, 9.17) is 0 Å². The third-order valence-electron chi connectivity index (χ3n) is 2.04. The zero-order valence-electron chi connectivity index (χ0n) is 8.76. The molecule has 0 bridgehead atoms. The van der Waals surface area contributed by atoms with Gasteiger partial charge >= 0.3 is 0 Å². The molecule has 3 nitrogen and oxygen atoms in total. The largest absolute Gasteiger partial charge is 0.342 e. The maximum Gasteiger partial charge on any atom is 0.261 e. The van der Waals surface area contributed by atoms with Crippen molar-refractivity contribution in [2.24, 2.45) is 0 Å². The lowest BCUT2D eigenvalue weighted by molar-refractivity contribution is -0.118. The molecule has 1 unspecified atom stereocenters. The summed E-state index contributed by atoms with van der Waals surface area (Å²) in [7, 11) is 0. The van der Waals surface area contributed by atoms with Crippen LogP contribution >= 0.6 is 27.3 Å². The fourth-order valence-corrected chi connectivity index (χ4v) is 2.38. The van der Waals surface area contributed by atoms with Gasteiger partial charge in [-0.15, -0.1) is 11.3 Å². The zero-order chi connectivity index (χ0) is 11.6. The third kappa shape index (κ3) is 3.14. The van der Waals surface area contributed by atoms with E-state index >= 15 is 0 Å². The highest BCUT2D eigenvalue weighted by atomic mass is 79.9. The van der Waals surface area contributed by atoms with Crippen molar-refractivity contribution in [2.45, 2.75) is 26.8 Å². The molecule has 0 aliphatic heterocycles. The molecule has 1 aromatic heterocycles. The number of ketones is 1. The van der Waals surface area contributed by atoms with Crippen LogP contribution in [0.2, 0.25) is 0 Å². The molecule has 0 aliphatic rings. The molecule has 5 heteroatoms. The van der Waals surface area contributed by atoms with E-state index in [1.54, 1.807) is 13.0 Å². The van der Waals surface area contributed by atoms with Crippen molar-refractivity contribution in [1.82, 2.24) is 5.32 Å². The van der Waals surface area contributed by atoms with Crippen LogP contribution in [0.15, 0.2) is 9.85 Å². The van der Waals surface area contributed by atoms with Crippen molar-refractivity contribution in [3.8, 4) is 0 Å². The Balaban J connectivity index is 2.73. The smallest absolute Gasteiger partial charge is 0.261 e. The SMILES string of the molecule is CC(=O)C(C)NC(=O)c1cc(C)c(Br)s1. The van der Waals surface area contributed by atoms with E-state index < -0.39 is 6.04 Å². The van der Waals surface area contributed by atoms with Gasteiger partial charge in [-0.25, -0.2) is 0 Å². The molecule has 0 radical (unpaired) electrons. The lowest BCUT2D eigenvalue weighted by Gasteiger charge is -2.08. The molecule has 1 atom stereocenters. The van der Waals surface area contributed by atoms with Crippen molar-refractivity contribution in [2.75, 3.05) is 0 Å². The number of hydrogen-bond acceptors (Lipinski definition) is 3. The monoisotopic (exact) mass is 289 g/mol. The van der Waals surface area contributed by atoms with Gasteiger partial charge in [0.1, 0.15) is 0 Å². The Morgan fingerprint density at radius 3 is 2.53 bits per heavy atom. The molecule has 0 fully saturated rings. The molecule has 1 rings (SSSR count). The van der Waals surface area contributed by atoms with Crippen LogP contribution in [-0.4, -0.2) is 17.7 Å². The molecule has 0 spiro atoms. The van der Waals surface area contributed by atoms with Gasteiger partial charge in [0.25, 0.3) is 5.91 Å². The minimum absolute atomic E-state index is 0.0457. The molecule has 1 amide bonds. The van der Waals surface area contributed by atoms with Crippen molar-refractivity contribution in [3.05, 3.63) is 20.3 Å². The highest BCUT2D eigenvalue weighted by Gasteiger charge is 2.15. The van der Waals surface area contributed by atoms with Gasteiger partial charge in [-0.05, 0) is 48.3 Å². The number of hydrogen-bond donors (Lipinski definition) is 1. The van der Waals surface area contributed by atoms with E-state index in [9.17, 15) is 9.59 Å². The van der Waals surface area contributed by atoms with Crippen LogP contribution in [0.1, 0.15) is 29.1 Å². The topological polar surface area (TPSA) is 46.2 Å². The Kier molecular flexibility index (Phi) is 4.04. The van der Waals surface area contributed by atoms with Crippen LogP contribution < -0.4 is 5.32 Å². The van der Waals surface area contributed by atoms with Gasteiger partial charge in [0.05, 0.1) is 14.7 Å². The zero-order valence-corrected chi connectivity index (χ0v) is 11.2. The molecule has 82 valence electrons. The number of aryl methyl sites for hydroxylation is 1. The number of carbonyl (C=O) groups is 2. The number of thiophene rings is 1. The van der Waals surface area contributed by atoms with Gasteiger partial charge in [-0.1, -0.05) is 0 Å². The highest BCUT2D eigenvalue weighted by molar-refractivity contribution is 9.11. The van der Waals surface area contributed by atoms with Gasteiger partial charge < -0.3 is 5.32 Å². The first-order valence-corrected chi connectivity index (χ1v) is 6.10. The summed E-state index contributed by atoms with van der Waals surface area (Å²) in [5.74, 6) is -0.243. The molecular formula is C10H12BrNO2S. The summed E-state index contributed by atoms with van der Waals surface area (Å²) in [5.41, 5.74) is 1.03. The first-order chi connectivity index (χ1) is 6.91. The third-order valence-corrected chi connectivity index (χ3v) is 4.17. The Morgan fingerprint density at radius 1 is 1.53 bits per heavy atom. The molecule has 0 saturated heterocycles. The summed E-state index contributed by atoms with van der Waals surface area (Å²) in [4.78, 5) is 23.2. The normalized spacial score (nSPS) is 12.3. The fourth-order valence-electron chi connectivity index (χ4n) is 0.941. The van der Waals surface area contributed by atoms with E-state index in [2.05, 4.69) is 21.2 Å². The predicted octanol–water partition coefficient (Wildman–Crippen LogP) is 2.53. The summed E-state index contributed by atoms with van der Waals surface area (Å²) in [6.45, 7) is 5.06. The number of nitrogens with one attached hydrogen (secondary N) is 1.